The molecule has 23 heavy (non-hydrogen) atoms. The van der Waals surface area contributed by atoms with Crippen LogP contribution in [0.5, 0.6) is 0 Å². The van der Waals surface area contributed by atoms with E-state index in [0.29, 0.717) is 31.0 Å². The van der Waals surface area contributed by atoms with E-state index in [1.165, 1.54) is 19.8 Å². The second-order valence-corrected chi connectivity index (χ2v) is 7.64. The first-order valence-corrected chi connectivity index (χ1v) is 9.03. The molecule has 2 rings (SSSR count). The van der Waals surface area contributed by atoms with Gasteiger partial charge in [-0.05, 0) is 6.42 Å². The molecular formula is C13H21N5O4S. The van der Waals surface area contributed by atoms with Crippen molar-refractivity contribution >= 4 is 16.1 Å². The average molecular weight is 343 g/mol. The predicted molar refractivity (Wildman–Crippen MR) is 84.3 cm³/mol. The summed E-state index contributed by atoms with van der Waals surface area (Å²) in [4.78, 5) is 29.5. The summed E-state index contributed by atoms with van der Waals surface area (Å²) < 4.78 is 26.3. The van der Waals surface area contributed by atoms with Crippen LogP contribution in [0.2, 0.25) is 0 Å². The van der Waals surface area contributed by atoms with Gasteiger partial charge in [0.25, 0.3) is 5.56 Å². The van der Waals surface area contributed by atoms with Crippen LogP contribution < -0.4 is 10.9 Å². The molecule has 0 aromatic carbocycles. The summed E-state index contributed by atoms with van der Waals surface area (Å²) in [6, 6.07) is 1.08. The number of amides is 2. The largest absolute Gasteiger partial charge is 0.332 e. The first-order valence-electron chi connectivity index (χ1n) is 7.18. The minimum Gasteiger partial charge on any atom is -0.332 e. The number of rotatable bonds is 3. The quantitative estimate of drug-likeness (QED) is 0.772. The molecule has 0 spiro atoms. The molecule has 1 aromatic heterocycles. The number of fused-ring (bicyclic) bond motifs is 1. The van der Waals surface area contributed by atoms with Crippen molar-refractivity contribution in [1.29, 1.82) is 0 Å². The summed E-state index contributed by atoms with van der Waals surface area (Å²) in [6.45, 7) is 0.953. The molecule has 2 heterocycles. The zero-order valence-electron chi connectivity index (χ0n) is 13.4. The van der Waals surface area contributed by atoms with E-state index in [0.717, 1.165) is 6.26 Å². The van der Waals surface area contributed by atoms with Gasteiger partial charge in [0.1, 0.15) is 5.82 Å². The van der Waals surface area contributed by atoms with Crippen molar-refractivity contribution < 1.29 is 13.2 Å². The molecule has 0 saturated carbocycles. The van der Waals surface area contributed by atoms with Gasteiger partial charge < -0.3 is 10.2 Å². The van der Waals surface area contributed by atoms with Crippen LogP contribution in [0.4, 0.5) is 4.79 Å². The molecule has 0 unspecified atom stereocenters. The maximum absolute atomic E-state index is 12.2. The van der Waals surface area contributed by atoms with Gasteiger partial charge in [-0.15, -0.1) is 0 Å². The first kappa shape index (κ1) is 17.4. The Balaban J connectivity index is 2.27. The summed E-state index contributed by atoms with van der Waals surface area (Å²) in [6.07, 6.45) is 1.69. The number of carbonyl (C=O) groups is 1. The van der Waals surface area contributed by atoms with Crippen molar-refractivity contribution in [2.24, 2.45) is 0 Å². The van der Waals surface area contributed by atoms with E-state index >= 15 is 0 Å². The van der Waals surface area contributed by atoms with Crippen LogP contribution in [-0.2, 0) is 29.7 Å². The SMILES string of the molecule is CN(C)C(=O)NCc1cc(=O)n2c(n1)CN(S(C)(=O)=O)CCC2. The summed E-state index contributed by atoms with van der Waals surface area (Å²) in [5, 5.41) is 2.63. The maximum Gasteiger partial charge on any atom is 0.317 e. The second kappa shape index (κ2) is 6.67. The number of hydrogen-bond acceptors (Lipinski definition) is 5. The standard InChI is InChI=1S/C13H21N5O4S/c1-16(2)13(20)14-8-10-7-12(19)18-6-4-5-17(23(3,21)22)9-11(18)15-10/h7H,4-6,8-9H2,1-3H3,(H,14,20). The van der Waals surface area contributed by atoms with Gasteiger partial charge in [0.15, 0.2) is 0 Å². The normalized spacial score (nSPS) is 15.6. The Morgan fingerprint density at radius 2 is 2.09 bits per heavy atom. The lowest BCUT2D eigenvalue weighted by Gasteiger charge is -2.17. The molecule has 1 aromatic rings. The van der Waals surface area contributed by atoms with E-state index in [1.807, 2.05) is 0 Å². The van der Waals surface area contributed by atoms with Crippen LogP contribution in [0.3, 0.4) is 0 Å². The van der Waals surface area contributed by atoms with Crippen molar-refractivity contribution in [3.63, 3.8) is 0 Å². The van der Waals surface area contributed by atoms with Crippen molar-refractivity contribution in [3.8, 4) is 0 Å². The minimum absolute atomic E-state index is 0.0591. The highest BCUT2D eigenvalue weighted by Gasteiger charge is 2.23. The number of nitrogens with zero attached hydrogens (tertiary/aromatic N) is 4. The molecule has 2 amide bonds. The van der Waals surface area contributed by atoms with E-state index in [-0.39, 0.29) is 24.7 Å². The number of hydrogen-bond donors (Lipinski definition) is 1. The van der Waals surface area contributed by atoms with E-state index < -0.39 is 10.0 Å². The maximum atomic E-state index is 12.2. The molecule has 9 nitrogen and oxygen atoms in total. The Hall–Kier alpha value is -1.94. The predicted octanol–water partition coefficient (Wildman–Crippen LogP) is -0.820. The smallest absolute Gasteiger partial charge is 0.317 e. The van der Waals surface area contributed by atoms with Crippen molar-refractivity contribution in [2.45, 2.75) is 26.1 Å². The molecule has 0 saturated heterocycles. The van der Waals surface area contributed by atoms with Gasteiger partial charge in [0, 0.05) is 33.3 Å². The lowest BCUT2D eigenvalue weighted by molar-refractivity contribution is 0.217. The Kier molecular flexibility index (Phi) is 5.05. The Bertz CT molecular complexity index is 756. The third-order valence-corrected chi connectivity index (χ3v) is 4.79. The second-order valence-electron chi connectivity index (χ2n) is 5.66. The fourth-order valence-corrected chi connectivity index (χ4v) is 3.12. The van der Waals surface area contributed by atoms with E-state index in [4.69, 9.17) is 0 Å². The summed E-state index contributed by atoms with van der Waals surface area (Å²) >= 11 is 0. The highest BCUT2D eigenvalue weighted by molar-refractivity contribution is 7.88. The Morgan fingerprint density at radius 1 is 1.39 bits per heavy atom. The van der Waals surface area contributed by atoms with E-state index in [1.54, 1.807) is 14.1 Å². The highest BCUT2D eigenvalue weighted by atomic mass is 32.2. The van der Waals surface area contributed by atoms with Gasteiger partial charge in [-0.3, -0.25) is 9.36 Å². The Labute approximate surface area is 135 Å². The van der Waals surface area contributed by atoms with E-state index in [2.05, 4.69) is 10.3 Å². The molecule has 0 fully saturated rings. The van der Waals surface area contributed by atoms with Gasteiger partial charge in [0.2, 0.25) is 10.0 Å². The molecule has 0 bridgehead atoms. The van der Waals surface area contributed by atoms with Crippen LogP contribution in [0.1, 0.15) is 17.9 Å². The molecular weight excluding hydrogens is 322 g/mol. The fourth-order valence-electron chi connectivity index (χ4n) is 2.31. The minimum atomic E-state index is -3.35. The molecule has 1 aliphatic rings. The number of aromatic nitrogens is 2. The third kappa shape index (κ3) is 4.29. The van der Waals surface area contributed by atoms with Crippen molar-refractivity contribution in [2.75, 3.05) is 26.9 Å². The van der Waals surface area contributed by atoms with Gasteiger partial charge in [0.05, 0.1) is 25.0 Å². The summed E-state index contributed by atoms with van der Waals surface area (Å²) in [5.41, 5.74) is 0.172. The van der Waals surface area contributed by atoms with Gasteiger partial charge >= 0.3 is 6.03 Å². The van der Waals surface area contributed by atoms with Crippen molar-refractivity contribution in [3.05, 3.63) is 27.9 Å². The topological polar surface area (TPSA) is 105 Å². The zero-order valence-corrected chi connectivity index (χ0v) is 14.3. The molecule has 1 N–H and O–H groups in total. The van der Waals surface area contributed by atoms with Crippen molar-refractivity contribution in [1.82, 2.24) is 24.1 Å². The van der Waals surface area contributed by atoms with Gasteiger partial charge in [-0.1, -0.05) is 0 Å². The Morgan fingerprint density at radius 3 is 2.70 bits per heavy atom. The fraction of sp³-hybridized carbons (Fsp3) is 0.615. The van der Waals surface area contributed by atoms with Crippen LogP contribution in [0, 0.1) is 0 Å². The molecule has 0 aliphatic carbocycles. The first-order chi connectivity index (χ1) is 10.7. The molecule has 128 valence electrons. The average Bonchev–Trinajstić information content (AvgIpc) is 2.67. The van der Waals surface area contributed by atoms with Crippen LogP contribution in [0.25, 0.3) is 0 Å². The lowest BCUT2D eigenvalue weighted by Crippen LogP contribution is -2.35. The molecule has 0 atom stereocenters. The monoisotopic (exact) mass is 343 g/mol. The van der Waals surface area contributed by atoms with Crippen LogP contribution in [0.15, 0.2) is 10.9 Å². The van der Waals surface area contributed by atoms with Crippen LogP contribution in [-0.4, -0.2) is 60.1 Å². The number of nitrogens with one attached hydrogen (secondary N) is 1. The molecule has 0 radical (unpaired) electrons. The van der Waals surface area contributed by atoms with Gasteiger partial charge in [-0.2, -0.15) is 4.31 Å². The number of carbonyl (C=O) groups excluding carboxylic acids is 1. The third-order valence-electron chi connectivity index (χ3n) is 3.54. The molecule has 10 heteroatoms. The zero-order chi connectivity index (χ0) is 17.2. The number of urea groups is 1. The van der Waals surface area contributed by atoms with Gasteiger partial charge in [-0.25, -0.2) is 18.2 Å². The van der Waals surface area contributed by atoms with Crippen LogP contribution >= 0.6 is 0 Å². The summed E-state index contributed by atoms with van der Waals surface area (Å²) in [7, 11) is -0.133. The van der Waals surface area contributed by atoms with E-state index in [9.17, 15) is 18.0 Å². The molecule has 1 aliphatic heterocycles. The number of sulfonamides is 1. The lowest BCUT2D eigenvalue weighted by atomic mass is 10.3. The highest BCUT2D eigenvalue weighted by Crippen LogP contribution is 2.12. The summed E-state index contributed by atoms with van der Waals surface area (Å²) in [5.74, 6) is 0.398.